The first-order valence-corrected chi connectivity index (χ1v) is 17.6. The lowest BCUT2D eigenvalue weighted by molar-refractivity contribution is -0.118. The van der Waals surface area contributed by atoms with Gasteiger partial charge in [0.25, 0.3) is 5.91 Å². The molecule has 5 aliphatic heterocycles. The average Bonchev–Trinajstić information content (AvgIpc) is 3.55. The molecule has 4 fully saturated rings. The summed E-state index contributed by atoms with van der Waals surface area (Å²) in [7, 11) is 0. The van der Waals surface area contributed by atoms with Crippen molar-refractivity contribution in [2.75, 3.05) is 64.6 Å². The largest absolute Gasteiger partial charge is 0.392 e. The fourth-order valence-corrected chi connectivity index (χ4v) is 7.58. The maximum absolute atomic E-state index is 12.4. The summed E-state index contributed by atoms with van der Waals surface area (Å²) in [5.74, 6) is 1.92. The summed E-state index contributed by atoms with van der Waals surface area (Å²) in [4.78, 5) is 54.4. The van der Waals surface area contributed by atoms with Crippen LogP contribution in [0.2, 0.25) is 0 Å². The molecule has 0 radical (unpaired) electrons. The van der Waals surface area contributed by atoms with Crippen molar-refractivity contribution in [1.82, 2.24) is 20.2 Å². The molecule has 0 unspecified atom stereocenters. The maximum atomic E-state index is 12.4. The number of carbonyl (C=O) groups excluding carboxylic acids is 3. The zero-order valence-electron chi connectivity index (χ0n) is 27.6. The summed E-state index contributed by atoms with van der Waals surface area (Å²) in [5.41, 5.74) is 5.31. The Bertz CT molecular complexity index is 1740. The molecule has 256 valence electrons. The van der Waals surface area contributed by atoms with Gasteiger partial charge in [0.05, 0.1) is 18.0 Å². The van der Waals surface area contributed by atoms with Crippen LogP contribution in [0.5, 0.6) is 0 Å². The second kappa shape index (κ2) is 13.3. The van der Waals surface area contributed by atoms with Crippen LogP contribution in [0.15, 0.2) is 48.8 Å². The highest BCUT2D eigenvalue weighted by atomic mass is 16.3. The molecule has 6 aliphatic rings. The van der Waals surface area contributed by atoms with E-state index in [1.165, 1.54) is 0 Å². The predicted octanol–water partition coefficient (Wildman–Crippen LogP) is 2.71. The van der Waals surface area contributed by atoms with Gasteiger partial charge in [0, 0.05) is 75.5 Å². The third-order valence-electron chi connectivity index (χ3n) is 10.4. The highest BCUT2D eigenvalue weighted by Gasteiger charge is 2.38. The molecular weight excluding hydrogens is 622 g/mol. The van der Waals surface area contributed by atoms with Crippen LogP contribution in [0.4, 0.5) is 28.7 Å². The van der Waals surface area contributed by atoms with E-state index in [0.29, 0.717) is 6.04 Å². The molecule has 49 heavy (non-hydrogen) atoms. The molecule has 0 bridgehead atoms. The van der Waals surface area contributed by atoms with Crippen molar-refractivity contribution < 1.29 is 19.5 Å². The van der Waals surface area contributed by atoms with Gasteiger partial charge < -0.3 is 35.8 Å². The fourth-order valence-electron chi connectivity index (χ4n) is 7.58. The number of pyridine rings is 2. The van der Waals surface area contributed by atoms with Crippen molar-refractivity contribution in [2.24, 2.45) is 0 Å². The Kier molecular flexibility index (Phi) is 8.54. The zero-order valence-corrected chi connectivity index (χ0v) is 27.6. The maximum Gasteiger partial charge on any atom is 0.251 e. The summed E-state index contributed by atoms with van der Waals surface area (Å²) in [6, 6.07) is 12.1. The van der Waals surface area contributed by atoms with E-state index >= 15 is 0 Å². The molecular formula is C36H43N9O4. The lowest BCUT2D eigenvalue weighted by Gasteiger charge is -2.36. The van der Waals surface area contributed by atoms with Crippen molar-refractivity contribution in [3.63, 3.8) is 0 Å². The Morgan fingerprint density at radius 3 is 1.92 bits per heavy atom. The summed E-state index contributed by atoms with van der Waals surface area (Å²) >= 11 is 0. The number of rotatable bonds is 6. The minimum Gasteiger partial charge on any atom is -0.392 e. The van der Waals surface area contributed by atoms with Crippen molar-refractivity contribution in [3.8, 4) is 0 Å². The van der Waals surface area contributed by atoms with Crippen molar-refractivity contribution in [3.05, 3.63) is 65.5 Å². The number of carbonyl (C=O) groups is 3. The Hall–Kier alpha value is -4.75. The van der Waals surface area contributed by atoms with Crippen molar-refractivity contribution >= 4 is 46.4 Å². The van der Waals surface area contributed by atoms with Gasteiger partial charge in [-0.05, 0) is 86.1 Å². The smallest absolute Gasteiger partial charge is 0.251 e. The molecule has 9 rings (SSSR count). The van der Waals surface area contributed by atoms with Gasteiger partial charge in [0.15, 0.2) is 11.6 Å². The fraction of sp³-hybridized carbons (Fsp3) is 0.472. The van der Waals surface area contributed by atoms with Gasteiger partial charge in [-0.15, -0.1) is 0 Å². The topological polar surface area (TPSA) is 146 Å². The predicted molar refractivity (Wildman–Crippen MR) is 187 cm³/mol. The molecule has 1 aliphatic carbocycles. The Morgan fingerprint density at radius 2 is 1.35 bits per heavy atom. The third kappa shape index (κ3) is 6.52. The minimum absolute atomic E-state index is 0.0315. The van der Waals surface area contributed by atoms with Gasteiger partial charge in [0.2, 0.25) is 11.8 Å². The highest BCUT2D eigenvalue weighted by molar-refractivity contribution is 6.04. The highest BCUT2D eigenvalue weighted by Crippen LogP contribution is 2.36. The van der Waals surface area contributed by atoms with Gasteiger partial charge in [0.1, 0.15) is 12.1 Å². The van der Waals surface area contributed by atoms with E-state index in [-0.39, 0.29) is 36.4 Å². The van der Waals surface area contributed by atoms with Gasteiger partial charge in [-0.3, -0.25) is 19.3 Å². The number of hydrogen-bond acceptors (Lipinski definition) is 10. The SMILES string of the molecule is O=C(NC1CC1)c1ccc(N2CCN(Cc3cnc4c(c3)NC(=O)[C@@H]3CCCN43)CC2)cc1.O=C1Nc2cc(CO)cnc2N2CCC[C@@H]12. The first-order chi connectivity index (χ1) is 23.9. The number of piperazine rings is 1. The second-order valence-electron chi connectivity index (χ2n) is 13.8. The van der Waals surface area contributed by atoms with Crippen LogP contribution in [-0.2, 0) is 22.7 Å². The number of amides is 3. The molecule has 1 aromatic carbocycles. The molecule has 13 nitrogen and oxygen atoms in total. The summed E-state index contributed by atoms with van der Waals surface area (Å²) in [6.07, 6.45) is 9.70. The number of fused-ring (bicyclic) bond motifs is 6. The molecule has 13 heteroatoms. The minimum atomic E-state index is -0.0560. The molecule has 3 saturated heterocycles. The number of hydrogen-bond donors (Lipinski definition) is 4. The molecule has 2 atom stereocenters. The van der Waals surface area contributed by atoms with E-state index in [1.54, 1.807) is 12.3 Å². The van der Waals surface area contributed by atoms with E-state index < -0.39 is 0 Å². The molecule has 2 aromatic heterocycles. The van der Waals surface area contributed by atoms with Crippen molar-refractivity contribution in [2.45, 2.75) is 69.8 Å². The Morgan fingerprint density at radius 1 is 0.776 bits per heavy atom. The van der Waals surface area contributed by atoms with E-state index in [2.05, 4.69) is 58.7 Å². The van der Waals surface area contributed by atoms with Crippen LogP contribution >= 0.6 is 0 Å². The van der Waals surface area contributed by atoms with E-state index in [9.17, 15) is 14.4 Å². The van der Waals surface area contributed by atoms with Crippen LogP contribution in [0.1, 0.15) is 60.0 Å². The van der Waals surface area contributed by atoms with Crippen molar-refractivity contribution in [1.29, 1.82) is 0 Å². The molecule has 1 saturated carbocycles. The Balaban J connectivity index is 0.000000182. The number of nitrogens with one attached hydrogen (secondary N) is 3. The summed E-state index contributed by atoms with van der Waals surface area (Å²) < 4.78 is 0. The Labute approximate surface area is 285 Å². The molecule has 4 N–H and O–H groups in total. The monoisotopic (exact) mass is 665 g/mol. The molecule has 3 aromatic rings. The van der Waals surface area contributed by atoms with Crippen LogP contribution in [0.3, 0.4) is 0 Å². The summed E-state index contributed by atoms with van der Waals surface area (Å²) in [6.45, 7) is 6.37. The lowest BCUT2D eigenvalue weighted by atomic mass is 10.1. The second-order valence-corrected chi connectivity index (χ2v) is 13.8. The van der Waals surface area contributed by atoms with Crippen LogP contribution < -0.4 is 30.7 Å². The third-order valence-corrected chi connectivity index (χ3v) is 10.4. The van der Waals surface area contributed by atoms with Gasteiger partial charge in [-0.1, -0.05) is 0 Å². The average molecular weight is 666 g/mol. The van der Waals surface area contributed by atoms with Crippen LogP contribution in [-0.4, -0.2) is 95.1 Å². The zero-order chi connectivity index (χ0) is 33.5. The standard InChI is InChI=1S/C25H30N6O2.C11H13N3O2/c32-24(27-19-5-6-19)18-3-7-20(8-4-18)30-12-10-29(11-13-30)16-17-14-21-23(26-15-17)31-9-1-2-22(31)25(33)28-21;15-6-7-4-8-10(12-5-7)14-3-1-2-9(14)11(16)13-8/h3-4,7-8,14-15,19,22H,1-2,5-6,9-13,16H2,(H,27,32)(H,28,33);4-5,9,15H,1-3,6H2,(H,13,16)/t22-;9-/m00/s1. The van der Waals surface area contributed by atoms with Gasteiger partial charge in [-0.25, -0.2) is 9.97 Å². The quantitative estimate of drug-likeness (QED) is 0.310. The molecule has 3 amide bonds. The number of benzene rings is 1. The number of aliphatic hydroxyl groups is 1. The lowest BCUT2D eigenvalue weighted by Crippen LogP contribution is -2.46. The molecule has 7 heterocycles. The number of nitrogens with zero attached hydrogens (tertiary/aromatic N) is 6. The summed E-state index contributed by atoms with van der Waals surface area (Å²) in [5, 5.41) is 18.0. The van der Waals surface area contributed by atoms with Crippen LogP contribution in [0, 0.1) is 0 Å². The molecule has 0 spiro atoms. The number of aliphatic hydroxyl groups excluding tert-OH is 1. The van der Waals surface area contributed by atoms with Gasteiger partial charge in [-0.2, -0.15) is 0 Å². The van der Waals surface area contributed by atoms with E-state index in [1.807, 2.05) is 18.3 Å². The van der Waals surface area contributed by atoms with Gasteiger partial charge >= 0.3 is 0 Å². The number of anilines is 5. The first kappa shape index (κ1) is 31.5. The van der Waals surface area contributed by atoms with E-state index in [4.69, 9.17) is 10.1 Å². The van der Waals surface area contributed by atoms with E-state index in [0.717, 1.165) is 130 Å². The number of aromatic nitrogens is 2. The van der Waals surface area contributed by atoms with Crippen LogP contribution in [0.25, 0.3) is 0 Å². The normalized spacial score (nSPS) is 22.6. The first-order valence-electron chi connectivity index (χ1n) is 17.6.